The predicted molar refractivity (Wildman–Crippen MR) is 189 cm³/mol. The number of hydrogen-bond donors (Lipinski definition) is 3. The molecule has 1 aromatic carbocycles. The number of benzene rings is 1. The maximum atomic E-state index is 14.0. The normalized spacial score (nSPS) is 32.3. The van der Waals surface area contributed by atoms with Crippen LogP contribution in [-0.2, 0) is 39.8 Å². The smallest absolute Gasteiger partial charge is 0.409 e. The third kappa shape index (κ3) is 8.42. The number of hydrogen-bond acceptors (Lipinski definition) is 11. The third-order valence-electron chi connectivity index (χ3n) is 9.85. The van der Waals surface area contributed by atoms with Crippen LogP contribution >= 0.6 is 24.2 Å². The number of fused-ring (bicyclic) bond motifs is 5. The van der Waals surface area contributed by atoms with Crippen molar-refractivity contribution in [2.24, 2.45) is 5.92 Å². The number of thiol groups is 1. The summed E-state index contributed by atoms with van der Waals surface area (Å²) in [5, 5.41) is 14.4. The zero-order valence-corrected chi connectivity index (χ0v) is 31.4. The van der Waals surface area contributed by atoms with Crippen LogP contribution in [-0.4, -0.2) is 110 Å². The number of aliphatic hydroxyl groups is 1. The van der Waals surface area contributed by atoms with Crippen LogP contribution in [0.1, 0.15) is 52.5 Å². The van der Waals surface area contributed by atoms with E-state index in [1.807, 2.05) is 13.0 Å². The number of halogens is 1. The number of ether oxygens (including phenoxy) is 5. The summed E-state index contributed by atoms with van der Waals surface area (Å²) in [7, 11) is 5.98. The van der Waals surface area contributed by atoms with Crippen LogP contribution in [0.3, 0.4) is 0 Å². The quantitative estimate of drug-likeness (QED) is 0.214. The number of likely N-dealkylation sites (N-methyl/N-ethyl adjacent to an activating group) is 1. The SMILES string of the molecule is COc1cc2cc(c1Cl)N(C)C(=O)CC(OC(=O)[C@H](C)N(C)C(=O)CCS)[C@@]1(C)O[C@@H]1[C@H](C)C1C[C@@](O)(NC(=O)O1)[C@H](OC)/C=C/C=C(\C)C2. The van der Waals surface area contributed by atoms with E-state index in [1.54, 1.807) is 45.2 Å². The molecule has 2 saturated heterocycles. The van der Waals surface area contributed by atoms with E-state index in [1.165, 1.54) is 38.0 Å². The summed E-state index contributed by atoms with van der Waals surface area (Å²) in [6, 6.07) is 2.60. The highest BCUT2D eigenvalue weighted by molar-refractivity contribution is 7.80. The Morgan fingerprint density at radius 2 is 1.98 bits per heavy atom. The van der Waals surface area contributed by atoms with Gasteiger partial charge in [-0.25, -0.2) is 9.59 Å². The molecule has 0 aromatic heterocycles. The van der Waals surface area contributed by atoms with E-state index in [9.17, 15) is 24.3 Å². The van der Waals surface area contributed by atoms with Crippen molar-refractivity contribution in [3.63, 3.8) is 0 Å². The lowest BCUT2D eigenvalue weighted by molar-refractivity contribution is -0.161. The van der Waals surface area contributed by atoms with Crippen molar-refractivity contribution in [1.82, 2.24) is 10.2 Å². The van der Waals surface area contributed by atoms with Crippen LogP contribution in [0.4, 0.5) is 10.5 Å². The highest BCUT2D eigenvalue weighted by Crippen LogP contribution is 2.49. The lowest BCUT2D eigenvalue weighted by Gasteiger charge is -2.42. The molecule has 3 aliphatic rings. The zero-order valence-electron chi connectivity index (χ0n) is 29.7. The summed E-state index contributed by atoms with van der Waals surface area (Å²) in [6.07, 6.45) is 1.08. The average Bonchev–Trinajstić information content (AvgIpc) is 3.76. The van der Waals surface area contributed by atoms with Gasteiger partial charge in [0.15, 0.2) is 5.72 Å². The van der Waals surface area contributed by atoms with Crippen LogP contribution in [0.15, 0.2) is 35.9 Å². The minimum atomic E-state index is -1.82. The van der Waals surface area contributed by atoms with Crippen molar-refractivity contribution in [2.45, 2.75) is 95.2 Å². The molecule has 15 heteroatoms. The van der Waals surface area contributed by atoms with Gasteiger partial charge in [-0.2, -0.15) is 12.6 Å². The first kappa shape index (κ1) is 39.5. The Morgan fingerprint density at radius 3 is 2.62 bits per heavy atom. The second-order valence-electron chi connectivity index (χ2n) is 13.4. The molecule has 2 fully saturated rings. The third-order valence-corrected chi connectivity index (χ3v) is 10.5. The van der Waals surface area contributed by atoms with Crippen molar-refractivity contribution in [2.75, 3.05) is 39.0 Å². The molecule has 50 heavy (non-hydrogen) atoms. The number of epoxide rings is 1. The number of nitrogens with zero attached hydrogens (tertiary/aromatic N) is 2. The highest BCUT2D eigenvalue weighted by atomic mass is 35.5. The Balaban J connectivity index is 1.78. The van der Waals surface area contributed by atoms with E-state index in [0.29, 0.717) is 23.6 Å². The van der Waals surface area contributed by atoms with E-state index in [2.05, 4.69) is 17.9 Å². The molecule has 4 rings (SSSR count). The van der Waals surface area contributed by atoms with E-state index in [4.69, 9.17) is 35.3 Å². The fourth-order valence-electron chi connectivity index (χ4n) is 6.49. The average molecular weight is 738 g/mol. The van der Waals surface area contributed by atoms with Crippen molar-refractivity contribution >= 4 is 53.8 Å². The number of amides is 3. The molecule has 1 aromatic rings. The van der Waals surface area contributed by atoms with Crippen molar-refractivity contribution in [3.8, 4) is 5.75 Å². The Labute approximate surface area is 303 Å². The number of esters is 1. The lowest BCUT2D eigenvalue weighted by atomic mass is 9.83. The molecular formula is C35H48ClN3O10S. The van der Waals surface area contributed by atoms with E-state index < -0.39 is 65.7 Å². The number of nitrogens with one attached hydrogen (secondary N) is 1. The molecule has 2 unspecified atom stereocenters. The monoisotopic (exact) mass is 737 g/mol. The van der Waals surface area contributed by atoms with E-state index >= 15 is 0 Å². The van der Waals surface area contributed by atoms with Gasteiger partial charge in [0.25, 0.3) is 0 Å². The molecule has 0 saturated carbocycles. The Hall–Kier alpha value is -3.30. The van der Waals surface area contributed by atoms with Crippen LogP contribution in [0.5, 0.6) is 5.75 Å². The van der Waals surface area contributed by atoms with E-state index in [-0.39, 0.29) is 30.2 Å². The van der Waals surface area contributed by atoms with Gasteiger partial charge in [-0.1, -0.05) is 42.3 Å². The van der Waals surface area contributed by atoms with Gasteiger partial charge < -0.3 is 38.6 Å². The summed E-state index contributed by atoms with van der Waals surface area (Å²) in [6.45, 7) is 6.96. The van der Waals surface area contributed by atoms with Crippen LogP contribution in [0, 0.1) is 5.92 Å². The first-order valence-corrected chi connectivity index (χ1v) is 17.5. The summed E-state index contributed by atoms with van der Waals surface area (Å²) in [4.78, 5) is 55.6. The van der Waals surface area contributed by atoms with Crippen LogP contribution in [0.25, 0.3) is 0 Å². The lowest BCUT2D eigenvalue weighted by Crippen LogP contribution is -2.63. The molecule has 0 radical (unpaired) electrons. The first-order chi connectivity index (χ1) is 23.5. The molecule has 4 bridgehead atoms. The number of alkyl carbamates (subject to hydrolysis) is 1. The van der Waals surface area contributed by atoms with Crippen molar-refractivity contribution < 1.29 is 48.0 Å². The molecule has 13 nitrogen and oxygen atoms in total. The Bertz CT molecular complexity index is 1540. The highest BCUT2D eigenvalue weighted by Gasteiger charge is 2.64. The maximum Gasteiger partial charge on any atom is 0.409 e. The van der Waals surface area contributed by atoms with Gasteiger partial charge in [0.2, 0.25) is 11.8 Å². The molecule has 8 atom stereocenters. The second kappa shape index (κ2) is 15.9. The molecule has 276 valence electrons. The number of anilines is 1. The van der Waals surface area contributed by atoms with Gasteiger partial charge in [0, 0.05) is 40.0 Å². The predicted octanol–water partition coefficient (Wildman–Crippen LogP) is 3.83. The van der Waals surface area contributed by atoms with Gasteiger partial charge in [-0.05, 0) is 50.6 Å². The molecule has 3 aliphatic heterocycles. The van der Waals surface area contributed by atoms with Gasteiger partial charge in [0.1, 0.15) is 40.7 Å². The Morgan fingerprint density at radius 1 is 1.28 bits per heavy atom. The first-order valence-electron chi connectivity index (χ1n) is 16.4. The number of methoxy groups -OCH3 is 2. The molecule has 0 aliphatic carbocycles. The largest absolute Gasteiger partial charge is 0.495 e. The topological polar surface area (TPSA) is 156 Å². The summed E-state index contributed by atoms with van der Waals surface area (Å²) in [5.41, 5.74) is -0.903. The number of allylic oxidation sites excluding steroid dienone is 3. The molecular weight excluding hydrogens is 690 g/mol. The van der Waals surface area contributed by atoms with Crippen molar-refractivity contribution in [3.05, 3.63) is 46.5 Å². The van der Waals surface area contributed by atoms with Gasteiger partial charge in [-0.15, -0.1) is 0 Å². The minimum absolute atomic E-state index is 0.0489. The van der Waals surface area contributed by atoms with E-state index in [0.717, 1.165) is 11.1 Å². The minimum Gasteiger partial charge on any atom is -0.495 e. The van der Waals surface area contributed by atoms with Gasteiger partial charge >= 0.3 is 12.1 Å². The number of rotatable bonds is 7. The van der Waals surface area contributed by atoms with Gasteiger partial charge in [0.05, 0.1) is 25.3 Å². The molecule has 3 amide bonds. The fourth-order valence-corrected chi connectivity index (χ4v) is 6.99. The summed E-state index contributed by atoms with van der Waals surface area (Å²) >= 11 is 10.8. The molecule has 2 N–H and O–H groups in total. The number of carbonyl (C=O) groups excluding carboxylic acids is 4. The summed E-state index contributed by atoms with van der Waals surface area (Å²) in [5.74, 6) is -1.30. The fraction of sp³-hybridized carbons (Fsp3) is 0.600. The molecule has 3 heterocycles. The maximum absolute atomic E-state index is 14.0. The number of carbonyl (C=O) groups is 4. The second-order valence-corrected chi connectivity index (χ2v) is 14.2. The Kier molecular flexibility index (Phi) is 12.6. The van der Waals surface area contributed by atoms with Gasteiger partial charge in [-0.3, -0.25) is 14.9 Å². The van der Waals surface area contributed by atoms with Crippen molar-refractivity contribution in [1.29, 1.82) is 0 Å². The van der Waals surface area contributed by atoms with Crippen LogP contribution in [0.2, 0.25) is 5.02 Å². The molecule has 0 spiro atoms. The standard InChI is InChI=1S/C35H48ClN3O10S/c1-19-10-9-11-26(46-8)35(44)18-25(47-33(43)37-35)20(2)31-34(4,49-31)27(48-32(42)21(3)38(5)28(40)12-13-50)17-29(41)39(6)23-15-22(14-19)16-24(45-7)30(23)36/h9-11,15-16,20-21,25-27,31,44,50H,12-14,17-18H2,1-8H3,(H,37,43)/b11-9+,19-10+/t20-,21+,25?,26-,27?,31-,34-,35+/m1/s1. The summed E-state index contributed by atoms with van der Waals surface area (Å²) < 4.78 is 29.0. The van der Waals surface area contributed by atoms with Crippen LogP contribution < -0.4 is 15.0 Å². The zero-order chi connectivity index (χ0) is 37.1.